The number of aliphatic hydroxyl groups excluding tert-OH is 5. The summed E-state index contributed by atoms with van der Waals surface area (Å²) in [5.74, 6) is 0. The molecule has 0 aliphatic heterocycles. The van der Waals surface area contributed by atoms with Gasteiger partial charge in [-0.05, 0) is 12.8 Å². The predicted octanol–water partition coefficient (Wildman–Crippen LogP) is 3.86. The molecule has 0 saturated carbocycles. The Morgan fingerprint density at radius 3 is 0.781 bits per heavy atom. The number of hydrogen-bond donors (Lipinski definition) is 5. The molecule has 0 aliphatic rings. The molecule has 0 bridgehead atoms. The third kappa shape index (κ3) is 41.7. The highest BCUT2D eigenvalue weighted by atomic mass is 16.3. The first-order valence-electron chi connectivity index (χ1n) is 26.1. The number of likely N-dealkylation sites (N-methyl/N-ethyl adjacent to an activating group) is 5. The first-order chi connectivity index (χ1) is 29.5. The normalized spacial score (nSPS) is 16.0. The summed E-state index contributed by atoms with van der Waals surface area (Å²) in [5, 5.41) is 56.5. The SMILES string of the molecule is CCCCCCCCCCCCCCCCCC[N+](C)(C)CC(O)CN(CCN(CCN(CC(O)C[N+](C)(C)C)CC(O)C[N+](C)(C)C)CC(O)C[N+](C)(C)C)CC(O)C[N+](C)(C)C. The Bertz CT molecular complexity index is 1080. The van der Waals surface area contributed by atoms with Crippen LogP contribution in [0.1, 0.15) is 110 Å². The molecule has 0 spiro atoms. The van der Waals surface area contributed by atoms with E-state index in [1.165, 1.54) is 103 Å². The van der Waals surface area contributed by atoms with Gasteiger partial charge < -0.3 is 47.9 Å². The Hall–Kier alpha value is -0.520. The lowest BCUT2D eigenvalue weighted by Gasteiger charge is -2.37. The van der Waals surface area contributed by atoms with Crippen LogP contribution in [0.3, 0.4) is 0 Å². The molecule has 0 saturated heterocycles. The summed E-state index contributed by atoms with van der Waals surface area (Å²) in [7, 11) is 29.5. The smallest absolute Gasteiger partial charge is 0.115 e. The summed E-state index contributed by atoms with van der Waals surface area (Å²) in [6.45, 7) is 11.4. The van der Waals surface area contributed by atoms with Crippen LogP contribution in [0, 0.1) is 0 Å². The molecule has 13 heteroatoms. The maximum atomic E-state index is 11.6. The zero-order valence-corrected chi connectivity index (χ0v) is 45.6. The fourth-order valence-corrected chi connectivity index (χ4v) is 9.43. The predicted molar refractivity (Wildman–Crippen MR) is 272 cm³/mol. The van der Waals surface area contributed by atoms with Gasteiger partial charge in [0.2, 0.25) is 0 Å². The molecule has 5 N–H and O–H groups in total. The fraction of sp³-hybridized carbons (Fsp3) is 1.00. The van der Waals surface area contributed by atoms with Gasteiger partial charge in [0.05, 0.1) is 105 Å². The Labute approximate surface area is 398 Å². The van der Waals surface area contributed by atoms with E-state index in [4.69, 9.17) is 0 Å². The van der Waals surface area contributed by atoms with Crippen LogP contribution in [0.25, 0.3) is 0 Å². The summed E-state index contributed by atoms with van der Waals surface area (Å²) in [6, 6.07) is 0. The van der Waals surface area contributed by atoms with Crippen molar-refractivity contribution in [1.29, 1.82) is 0 Å². The van der Waals surface area contributed by atoms with Crippen LogP contribution < -0.4 is 0 Å². The molecule has 5 unspecified atom stereocenters. The van der Waals surface area contributed by atoms with Crippen molar-refractivity contribution in [3.05, 3.63) is 0 Å². The fourth-order valence-electron chi connectivity index (χ4n) is 9.43. The van der Waals surface area contributed by atoms with Crippen molar-refractivity contribution in [3.8, 4) is 0 Å². The van der Waals surface area contributed by atoms with Gasteiger partial charge in [-0.3, -0.25) is 14.7 Å². The first-order valence-corrected chi connectivity index (χ1v) is 26.1. The lowest BCUT2D eigenvalue weighted by atomic mass is 10.0. The zero-order valence-electron chi connectivity index (χ0n) is 45.6. The van der Waals surface area contributed by atoms with E-state index in [1.807, 2.05) is 0 Å². The van der Waals surface area contributed by atoms with Gasteiger partial charge in [-0.15, -0.1) is 0 Å². The Morgan fingerprint density at radius 1 is 0.297 bits per heavy atom. The molecular weight excluding hydrogens is 805 g/mol. The van der Waals surface area contributed by atoms with E-state index < -0.39 is 30.5 Å². The molecule has 0 rings (SSSR count). The molecule has 0 aliphatic carbocycles. The average molecular weight is 923 g/mol. The number of unbranched alkanes of at least 4 members (excludes halogenated alkanes) is 15. The van der Waals surface area contributed by atoms with Gasteiger partial charge in [0.25, 0.3) is 0 Å². The second kappa shape index (κ2) is 33.1. The van der Waals surface area contributed by atoms with E-state index in [2.05, 4.69) is 120 Å². The number of hydrogen-bond acceptors (Lipinski definition) is 8. The number of nitrogens with zero attached hydrogens (tertiary/aromatic N) is 8. The van der Waals surface area contributed by atoms with Crippen molar-refractivity contribution in [3.63, 3.8) is 0 Å². The molecular formula is C51H117N8O5+5. The van der Waals surface area contributed by atoms with E-state index in [9.17, 15) is 25.5 Å². The highest BCUT2D eigenvalue weighted by Gasteiger charge is 2.28. The second-order valence-corrected chi connectivity index (χ2v) is 25.1. The largest absolute Gasteiger partial charge is 0.386 e. The molecule has 0 aromatic rings. The topological polar surface area (TPSA) is 111 Å². The molecule has 0 fully saturated rings. The molecule has 5 atom stereocenters. The Balaban J connectivity index is 5.54. The van der Waals surface area contributed by atoms with E-state index in [1.54, 1.807) is 0 Å². The highest BCUT2D eigenvalue weighted by Crippen LogP contribution is 2.15. The van der Waals surface area contributed by atoms with Crippen LogP contribution in [0.5, 0.6) is 0 Å². The van der Waals surface area contributed by atoms with E-state index in [-0.39, 0.29) is 0 Å². The van der Waals surface area contributed by atoms with Gasteiger partial charge >= 0.3 is 0 Å². The quantitative estimate of drug-likeness (QED) is 0.0464. The second-order valence-electron chi connectivity index (χ2n) is 25.1. The maximum absolute atomic E-state index is 11.6. The van der Waals surface area contributed by atoms with Gasteiger partial charge in [-0.2, -0.15) is 0 Å². The van der Waals surface area contributed by atoms with Crippen LogP contribution in [-0.4, -0.2) is 290 Å². The van der Waals surface area contributed by atoms with Crippen molar-refractivity contribution in [1.82, 2.24) is 14.7 Å². The monoisotopic (exact) mass is 922 g/mol. The average Bonchev–Trinajstić information content (AvgIpc) is 3.08. The minimum Gasteiger partial charge on any atom is -0.386 e. The highest BCUT2D eigenvalue weighted by molar-refractivity contribution is 4.76. The van der Waals surface area contributed by atoms with E-state index in [0.717, 1.165) is 11.0 Å². The molecule has 13 nitrogen and oxygen atoms in total. The summed E-state index contributed by atoms with van der Waals surface area (Å²) < 4.78 is 3.38. The molecule has 64 heavy (non-hydrogen) atoms. The van der Waals surface area contributed by atoms with Gasteiger partial charge in [0.1, 0.15) is 63.2 Å². The Morgan fingerprint density at radius 2 is 0.516 bits per heavy atom. The summed E-state index contributed by atoms with van der Waals surface area (Å²) in [6.07, 6.45) is 19.1. The molecule has 0 heterocycles. The molecule has 0 aromatic heterocycles. The van der Waals surface area contributed by atoms with Crippen molar-refractivity contribution in [2.24, 2.45) is 0 Å². The number of aliphatic hydroxyl groups is 5. The zero-order chi connectivity index (χ0) is 49.0. The summed E-state index contributed by atoms with van der Waals surface area (Å²) >= 11 is 0. The lowest BCUT2D eigenvalue weighted by molar-refractivity contribution is -0.893. The Kier molecular flexibility index (Phi) is 32.8. The van der Waals surface area contributed by atoms with Crippen LogP contribution in [0.4, 0.5) is 0 Å². The van der Waals surface area contributed by atoms with Crippen LogP contribution in [0.2, 0.25) is 0 Å². The molecule has 386 valence electrons. The standard InChI is InChI=1S/C51H117N8O5/c1-16-17-18-19-20-21-22-23-24-25-26-27-28-29-30-31-36-59(14,15)46-51(64)41-54(40-50(63)45-58(11,12)13)35-33-52(37-47(60)42-55(2,3)4)32-34-53(38-48(61)43-56(5,6)7)39-49(62)44-57(8,9)10/h47-51,60-64H,16-46H2,1-15H3/q+5. The molecule has 0 amide bonds. The van der Waals surface area contributed by atoms with Gasteiger partial charge in [0, 0.05) is 58.9 Å². The third-order valence-corrected chi connectivity index (χ3v) is 12.2. The summed E-state index contributed by atoms with van der Waals surface area (Å²) in [4.78, 5) is 6.72. The number of rotatable bonds is 43. The first kappa shape index (κ1) is 63.5. The molecule has 0 aromatic carbocycles. The van der Waals surface area contributed by atoms with Gasteiger partial charge in [-0.25, -0.2) is 0 Å². The van der Waals surface area contributed by atoms with Crippen LogP contribution in [0.15, 0.2) is 0 Å². The van der Waals surface area contributed by atoms with Crippen molar-refractivity contribution >= 4 is 0 Å². The van der Waals surface area contributed by atoms with Crippen molar-refractivity contribution < 1.29 is 47.9 Å². The van der Waals surface area contributed by atoms with E-state index in [0.29, 0.717) is 110 Å². The van der Waals surface area contributed by atoms with Gasteiger partial charge in [-0.1, -0.05) is 96.8 Å². The summed E-state index contributed by atoms with van der Waals surface area (Å²) in [5.41, 5.74) is 0. The van der Waals surface area contributed by atoms with Crippen LogP contribution >= 0.6 is 0 Å². The van der Waals surface area contributed by atoms with Crippen LogP contribution in [-0.2, 0) is 0 Å². The van der Waals surface area contributed by atoms with Gasteiger partial charge in [0.15, 0.2) is 0 Å². The minimum atomic E-state index is -0.544. The maximum Gasteiger partial charge on any atom is 0.115 e. The molecule has 0 radical (unpaired) electrons. The van der Waals surface area contributed by atoms with Crippen molar-refractivity contribution in [2.45, 2.75) is 140 Å². The lowest BCUT2D eigenvalue weighted by Crippen LogP contribution is -2.53. The minimum absolute atomic E-state index is 0.460. The van der Waals surface area contributed by atoms with E-state index >= 15 is 0 Å². The third-order valence-electron chi connectivity index (χ3n) is 12.2. The van der Waals surface area contributed by atoms with Crippen molar-refractivity contribution in [2.75, 3.05) is 197 Å². The number of quaternary nitrogens is 5.